The Morgan fingerprint density at radius 1 is 0.719 bits per heavy atom. The molecule has 0 amide bonds. The van der Waals surface area contributed by atoms with Crippen LogP contribution in [0.3, 0.4) is 0 Å². The van der Waals surface area contributed by atoms with Crippen LogP contribution in [0.5, 0.6) is 0 Å². The van der Waals surface area contributed by atoms with Crippen LogP contribution >= 0.6 is 0 Å². The fourth-order valence-electron chi connectivity index (χ4n) is 3.85. The lowest BCUT2D eigenvalue weighted by Crippen LogP contribution is -2.84. The quantitative estimate of drug-likeness (QED) is 0.496. The van der Waals surface area contributed by atoms with E-state index in [-0.39, 0.29) is 18.8 Å². The average Bonchev–Trinajstić information content (AvgIpc) is 2.67. The molecule has 0 radical (unpaired) electrons. The average molecular weight is 487 g/mol. The number of para-hydroxylation sites is 1. The zero-order valence-electron chi connectivity index (χ0n) is 17.0. The maximum absolute atomic E-state index is 15.2. The summed E-state index contributed by atoms with van der Waals surface area (Å²) in [6.45, 7) is 4.07. The first-order valence-corrected chi connectivity index (χ1v) is 9.36. The summed E-state index contributed by atoms with van der Waals surface area (Å²) < 4.78 is 154. The van der Waals surface area contributed by atoms with Crippen LogP contribution in [0.15, 0.2) is 24.3 Å². The Bertz CT molecular complexity index is 819. The molecule has 1 aliphatic carbocycles. The van der Waals surface area contributed by atoms with Crippen molar-refractivity contribution >= 4 is 5.69 Å². The van der Waals surface area contributed by atoms with Gasteiger partial charge in [-0.05, 0) is 26.8 Å². The number of benzene rings is 1. The molecule has 0 aliphatic heterocycles. The van der Waals surface area contributed by atoms with E-state index in [9.17, 15) is 49.0 Å². The van der Waals surface area contributed by atoms with E-state index in [4.69, 9.17) is 0 Å². The van der Waals surface area contributed by atoms with Gasteiger partial charge >= 0.3 is 29.6 Å². The molecule has 1 aromatic carbocycles. The molecule has 13 heteroatoms. The standard InChI is InChI=1S/C19H20F11NO/c1-4-31(5-2)12-9-7-6-8-11(12)13(3,32)10-14(20)15(21,22)17(25,26)19(29,30)18(27,28)16(14,23)24/h6-9,32H,4-5,10H2,1-3H3. The highest BCUT2D eigenvalue weighted by molar-refractivity contribution is 5.56. The molecule has 184 valence electrons. The molecule has 1 atom stereocenters. The van der Waals surface area contributed by atoms with Gasteiger partial charge in [0.1, 0.15) is 0 Å². The number of rotatable bonds is 6. The van der Waals surface area contributed by atoms with Crippen molar-refractivity contribution in [1.82, 2.24) is 0 Å². The molecule has 1 fully saturated rings. The summed E-state index contributed by atoms with van der Waals surface area (Å²) in [7, 11) is 0. The van der Waals surface area contributed by atoms with E-state index in [0.717, 1.165) is 12.1 Å². The highest BCUT2D eigenvalue weighted by Gasteiger charge is 3.01. The van der Waals surface area contributed by atoms with Gasteiger partial charge < -0.3 is 10.0 Å². The van der Waals surface area contributed by atoms with E-state index in [1.54, 1.807) is 13.8 Å². The Balaban J connectivity index is 2.74. The van der Waals surface area contributed by atoms with Crippen LogP contribution in [0.1, 0.15) is 32.8 Å². The number of aliphatic hydroxyl groups is 1. The van der Waals surface area contributed by atoms with Gasteiger partial charge in [0.15, 0.2) is 0 Å². The summed E-state index contributed by atoms with van der Waals surface area (Å²) in [4.78, 5) is 1.45. The summed E-state index contributed by atoms with van der Waals surface area (Å²) in [6.07, 6.45) is -2.74. The molecular weight excluding hydrogens is 467 g/mol. The fourth-order valence-corrected chi connectivity index (χ4v) is 3.85. The molecule has 0 heterocycles. The lowest BCUT2D eigenvalue weighted by Gasteiger charge is -2.53. The van der Waals surface area contributed by atoms with Crippen molar-refractivity contribution in [3.63, 3.8) is 0 Å². The minimum atomic E-state index is -7.28. The molecule has 1 unspecified atom stereocenters. The number of hydrogen-bond donors (Lipinski definition) is 1. The third-order valence-corrected chi connectivity index (χ3v) is 5.75. The smallest absolute Gasteiger partial charge is 0.384 e. The molecule has 2 rings (SSSR count). The van der Waals surface area contributed by atoms with Gasteiger partial charge in [0.25, 0.3) is 5.67 Å². The first-order valence-electron chi connectivity index (χ1n) is 9.36. The first kappa shape index (κ1) is 26.5. The van der Waals surface area contributed by atoms with E-state index in [2.05, 4.69) is 0 Å². The second kappa shape index (κ2) is 7.36. The number of hydrogen-bond acceptors (Lipinski definition) is 2. The monoisotopic (exact) mass is 487 g/mol. The van der Waals surface area contributed by atoms with E-state index < -0.39 is 52.9 Å². The van der Waals surface area contributed by atoms with Crippen LogP contribution in [0.4, 0.5) is 54.0 Å². The molecule has 1 aliphatic rings. The van der Waals surface area contributed by atoms with Crippen molar-refractivity contribution in [3.8, 4) is 0 Å². The van der Waals surface area contributed by atoms with Crippen molar-refractivity contribution < 1.29 is 53.4 Å². The molecule has 1 aromatic rings. The summed E-state index contributed by atoms with van der Waals surface area (Å²) in [5, 5.41) is 10.6. The molecule has 0 spiro atoms. The molecule has 32 heavy (non-hydrogen) atoms. The lowest BCUT2D eigenvalue weighted by atomic mass is 9.67. The van der Waals surface area contributed by atoms with Crippen molar-refractivity contribution in [2.75, 3.05) is 18.0 Å². The summed E-state index contributed by atoms with van der Waals surface area (Å²) in [6, 6.07) is 4.75. The van der Waals surface area contributed by atoms with E-state index in [0.29, 0.717) is 6.92 Å². The van der Waals surface area contributed by atoms with E-state index in [1.165, 1.54) is 17.0 Å². The molecule has 1 N–H and O–H groups in total. The summed E-state index contributed by atoms with van der Waals surface area (Å²) >= 11 is 0. The van der Waals surface area contributed by atoms with Gasteiger partial charge in [-0.25, -0.2) is 4.39 Å². The zero-order valence-corrected chi connectivity index (χ0v) is 17.0. The predicted octanol–water partition coefficient (Wildman–Crippen LogP) is 6.03. The van der Waals surface area contributed by atoms with Gasteiger partial charge in [0, 0.05) is 30.8 Å². The highest BCUT2D eigenvalue weighted by atomic mass is 19.4. The van der Waals surface area contributed by atoms with Crippen LogP contribution < -0.4 is 4.90 Å². The van der Waals surface area contributed by atoms with Crippen molar-refractivity contribution in [3.05, 3.63) is 29.8 Å². The van der Waals surface area contributed by atoms with E-state index in [1.807, 2.05) is 0 Å². The lowest BCUT2D eigenvalue weighted by molar-refractivity contribution is -0.488. The number of nitrogens with zero attached hydrogens (tertiary/aromatic N) is 1. The van der Waals surface area contributed by atoms with Crippen molar-refractivity contribution in [2.45, 2.75) is 68.1 Å². The third kappa shape index (κ3) is 3.02. The minimum Gasteiger partial charge on any atom is -0.385 e. The highest BCUT2D eigenvalue weighted by Crippen LogP contribution is 2.71. The van der Waals surface area contributed by atoms with Gasteiger partial charge in [0.2, 0.25) is 0 Å². The Hall–Kier alpha value is -1.79. The fraction of sp³-hybridized carbons (Fsp3) is 0.684. The Morgan fingerprint density at radius 2 is 1.09 bits per heavy atom. The van der Waals surface area contributed by atoms with Gasteiger partial charge in [0.05, 0.1) is 5.60 Å². The summed E-state index contributed by atoms with van der Waals surface area (Å²) in [5.74, 6) is -35.7. The zero-order chi connectivity index (χ0) is 25.2. The van der Waals surface area contributed by atoms with Gasteiger partial charge in [-0.1, -0.05) is 18.2 Å². The molecular formula is C19H20F11NO. The van der Waals surface area contributed by atoms with E-state index >= 15 is 4.39 Å². The SMILES string of the molecule is CCN(CC)c1ccccc1C(C)(O)CC1(F)C(F)(F)C(F)(F)C(F)(F)C(F)(F)C1(F)F. The van der Waals surface area contributed by atoms with Crippen LogP contribution in [0.2, 0.25) is 0 Å². The van der Waals surface area contributed by atoms with Gasteiger partial charge in [-0.2, -0.15) is 43.9 Å². The largest absolute Gasteiger partial charge is 0.385 e. The Labute approximate surface area is 176 Å². The molecule has 2 nitrogen and oxygen atoms in total. The van der Waals surface area contributed by atoms with Crippen LogP contribution in [0, 0.1) is 0 Å². The topological polar surface area (TPSA) is 23.5 Å². The Kier molecular flexibility index (Phi) is 6.08. The van der Waals surface area contributed by atoms with Gasteiger partial charge in [-0.15, -0.1) is 0 Å². The molecule has 0 aromatic heterocycles. The van der Waals surface area contributed by atoms with Crippen molar-refractivity contribution in [1.29, 1.82) is 0 Å². The van der Waals surface area contributed by atoms with Crippen LogP contribution in [0.25, 0.3) is 0 Å². The maximum Gasteiger partial charge on any atom is 0.384 e. The first-order chi connectivity index (χ1) is 14.2. The second-order valence-corrected chi connectivity index (χ2v) is 7.81. The predicted molar refractivity (Wildman–Crippen MR) is 92.8 cm³/mol. The van der Waals surface area contributed by atoms with Crippen LogP contribution in [-0.4, -0.2) is 53.5 Å². The van der Waals surface area contributed by atoms with Crippen LogP contribution in [-0.2, 0) is 5.60 Å². The Morgan fingerprint density at radius 3 is 1.50 bits per heavy atom. The second-order valence-electron chi connectivity index (χ2n) is 7.81. The maximum atomic E-state index is 15.2. The third-order valence-electron chi connectivity index (χ3n) is 5.75. The minimum absolute atomic E-state index is 0.0163. The molecule has 1 saturated carbocycles. The summed E-state index contributed by atoms with van der Waals surface area (Å²) in [5.41, 5.74) is -9.98. The molecule has 0 saturated heterocycles. The normalized spacial score (nSPS) is 26.2. The molecule has 0 bridgehead atoms. The number of anilines is 1. The van der Waals surface area contributed by atoms with Crippen molar-refractivity contribution in [2.24, 2.45) is 0 Å². The number of alkyl halides is 11. The van der Waals surface area contributed by atoms with Gasteiger partial charge in [-0.3, -0.25) is 0 Å². The number of halogens is 11.